The van der Waals surface area contributed by atoms with E-state index in [1.807, 2.05) is 7.05 Å². The van der Waals surface area contributed by atoms with Gasteiger partial charge < -0.3 is 19.6 Å². The number of benzene rings is 1. The van der Waals surface area contributed by atoms with Crippen LogP contribution in [0, 0.1) is 17.7 Å². The van der Waals surface area contributed by atoms with Crippen LogP contribution >= 0.6 is 11.6 Å². The number of piperidine rings is 1. The molecular weight excluding hydrogens is 347 g/mol. The first-order valence-corrected chi connectivity index (χ1v) is 8.85. The number of carbonyl (C=O) groups excluding carboxylic acids is 1. The number of halogens is 2. The number of aliphatic hydroxyl groups is 1. The van der Waals surface area contributed by atoms with Gasteiger partial charge in [-0.05, 0) is 43.5 Å². The Kier molecular flexibility index (Phi) is 7.62. The summed E-state index contributed by atoms with van der Waals surface area (Å²) in [6, 6.07) is 4.11. The molecule has 1 aromatic carbocycles. The van der Waals surface area contributed by atoms with Crippen molar-refractivity contribution < 1.29 is 19.0 Å². The molecule has 0 saturated carbocycles. The average Bonchev–Trinajstić information content (AvgIpc) is 2.61. The summed E-state index contributed by atoms with van der Waals surface area (Å²) < 4.78 is 18.7. The second kappa shape index (κ2) is 9.48. The van der Waals surface area contributed by atoms with Crippen molar-refractivity contribution in [3.8, 4) is 0 Å². The minimum absolute atomic E-state index is 0.000994. The van der Waals surface area contributed by atoms with Crippen LogP contribution in [0.25, 0.3) is 0 Å². The molecule has 7 heteroatoms. The molecule has 1 amide bonds. The molecule has 5 nitrogen and oxygen atoms in total. The maximum atomic E-state index is 13.7. The van der Waals surface area contributed by atoms with Crippen LogP contribution in [-0.4, -0.2) is 74.4 Å². The van der Waals surface area contributed by atoms with Gasteiger partial charge in [-0.25, -0.2) is 4.39 Å². The number of hydrogen-bond donors (Lipinski definition) is 1. The number of aliphatic hydroxyl groups excluding tert-OH is 1. The SMILES string of the molecule is COCCN(C)CC1CC(CO)CN(C(=O)c2ccc(Cl)c(F)c2)C1. The Bertz CT molecular complexity index is 587. The van der Waals surface area contributed by atoms with Crippen molar-refractivity contribution in [3.05, 3.63) is 34.6 Å². The third kappa shape index (κ3) is 5.64. The molecule has 0 bridgehead atoms. The van der Waals surface area contributed by atoms with Gasteiger partial charge in [-0.3, -0.25) is 4.79 Å². The monoisotopic (exact) mass is 372 g/mol. The number of nitrogens with zero attached hydrogens (tertiary/aromatic N) is 2. The van der Waals surface area contributed by atoms with Gasteiger partial charge in [-0.15, -0.1) is 0 Å². The second-order valence-corrected chi connectivity index (χ2v) is 7.15. The summed E-state index contributed by atoms with van der Waals surface area (Å²) in [6.07, 6.45) is 0.868. The number of hydrogen-bond acceptors (Lipinski definition) is 4. The van der Waals surface area contributed by atoms with Crippen LogP contribution in [0.15, 0.2) is 18.2 Å². The van der Waals surface area contributed by atoms with E-state index in [1.54, 1.807) is 12.0 Å². The number of methoxy groups -OCH3 is 1. The first-order chi connectivity index (χ1) is 11.9. The highest BCUT2D eigenvalue weighted by Crippen LogP contribution is 2.25. The lowest BCUT2D eigenvalue weighted by molar-refractivity contribution is 0.0450. The summed E-state index contributed by atoms with van der Waals surface area (Å²) >= 11 is 5.69. The number of carbonyl (C=O) groups is 1. The quantitative estimate of drug-likeness (QED) is 0.796. The lowest BCUT2D eigenvalue weighted by Crippen LogP contribution is -2.47. The normalized spacial score (nSPS) is 21.0. The number of likely N-dealkylation sites (N-methyl/N-ethyl adjacent to an activating group) is 1. The highest BCUT2D eigenvalue weighted by molar-refractivity contribution is 6.30. The predicted octanol–water partition coefficient (Wildman–Crippen LogP) is 2.13. The van der Waals surface area contributed by atoms with E-state index in [1.165, 1.54) is 18.2 Å². The van der Waals surface area contributed by atoms with Crippen LogP contribution < -0.4 is 0 Å². The molecule has 1 aliphatic rings. The fraction of sp³-hybridized carbons (Fsp3) is 0.611. The summed E-state index contributed by atoms with van der Waals surface area (Å²) in [5.41, 5.74) is 0.284. The van der Waals surface area contributed by atoms with E-state index in [0.29, 0.717) is 19.7 Å². The van der Waals surface area contributed by atoms with E-state index in [-0.39, 0.29) is 34.9 Å². The number of ether oxygens (including phenoxy) is 1. The Morgan fingerprint density at radius 2 is 2.16 bits per heavy atom. The Balaban J connectivity index is 2.05. The first kappa shape index (κ1) is 20.1. The van der Waals surface area contributed by atoms with Crippen LogP contribution in [0.3, 0.4) is 0 Å². The lowest BCUT2D eigenvalue weighted by atomic mass is 9.89. The summed E-state index contributed by atoms with van der Waals surface area (Å²) in [4.78, 5) is 16.6. The maximum absolute atomic E-state index is 13.7. The van der Waals surface area contributed by atoms with Gasteiger partial charge >= 0.3 is 0 Å². The summed E-state index contributed by atoms with van der Waals surface area (Å²) in [6.45, 7) is 3.40. The number of likely N-dealkylation sites (tertiary alicyclic amines) is 1. The van der Waals surface area contributed by atoms with Crippen LogP contribution in [0.2, 0.25) is 5.02 Å². The van der Waals surface area contributed by atoms with E-state index in [2.05, 4.69) is 4.90 Å². The number of amides is 1. The number of rotatable bonds is 7. The van der Waals surface area contributed by atoms with Crippen LogP contribution in [0.1, 0.15) is 16.8 Å². The molecule has 0 aliphatic carbocycles. The van der Waals surface area contributed by atoms with Gasteiger partial charge in [0.2, 0.25) is 0 Å². The van der Waals surface area contributed by atoms with Crippen molar-refractivity contribution in [2.24, 2.45) is 11.8 Å². The zero-order valence-corrected chi connectivity index (χ0v) is 15.5. The van der Waals surface area contributed by atoms with Gasteiger partial charge in [0, 0.05) is 45.5 Å². The zero-order valence-electron chi connectivity index (χ0n) is 14.8. The molecule has 2 unspecified atom stereocenters. The van der Waals surface area contributed by atoms with Crippen LogP contribution in [-0.2, 0) is 4.74 Å². The minimum Gasteiger partial charge on any atom is -0.396 e. The molecule has 1 aliphatic heterocycles. The molecule has 2 atom stereocenters. The Labute approximate surface area is 153 Å². The predicted molar refractivity (Wildman–Crippen MR) is 95.4 cm³/mol. The van der Waals surface area contributed by atoms with E-state index >= 15 is 0 Å². The second-order valence-electron chi connectivity index (χ2n) is 6.74. The Morgan fingerprint density at radius 1 is 1.44 bits per heavy atom. The summed E-state index contributed by atoms with van der Waals surface area (Å²) in [7, 11) is 3.68. The maximum Gasteiger partial charge on any atom is 0.253 e. The molecule has 1 fully saturated rings. The van der Waals surface area contributed by atoms with Gasteiger partial charge in [0.15, 0.2) is 0 Å². The molecule has 1 heterocycles. The molecule has 140 valence electrons. The molecule has 0 spiro atoms. The fourth-order valence-corrected chi connectivity index (χ4v) is 3.46. The van der Waals surface area contributed by atoms with Crippen LogP contribution in [0.5, 0.6) is 0 Å². The Morgan fingerprint density at radius 3 is 2.80 bits per heavy atom. The van der Waals surface area contributed by atoms with Gasteiger partial charge in [0.1, 0.15) is 5.82 Å². The molecular formula is C18H26ClFN2O3. The van der Waals surface area contributed by atoms with Crippen molar-refractivity contribution in [2.45, 2.75) is 6.42 Å². The van der Waals surface area contributed by atoms with Crippen molar-refractivity contribution in [1.82, 2.24) is 9.80 Å². The summed E-state index contributed by atoms with van der Waals surface area (Å²) in [5, 5.41) is 9.59. The third-order valence-electron chi connectivity index (χ3n) is 4.58. The average molecular weight is 373 g/mol. The zero-order chi connectivity index (χ0) is 18.4. The topological polar surface area (TPSA) is 53.0 Å². The van der Waals surface area contributed by atoms with Crippen molar-refractivity contribution in [3.63, 3.8) is 0 Å². The van der Waals surface area contributed by atoms with Crippen LogP contribution in [0.4, 0.5) is 4.39 Å². The van der Waals surface area contributed by atoms with Gasteiger partial charge in [0.05, 0.1) is 11.6 Å². The molecule has 25 heavy (non-hydrogen) atoms. The smallest absolute Gasteiger partial charge is 0.253 e. The van der Waals surface area contributed by atoms with Crippen molar-refractivity contribution >= 4 is 17.5 Å². The van der Waals surface area contributed by atoms with E-state index in [4.69, 9.17) is 16.3 Å². The van der Waals surface area contributed by atoms with Gasteiger partial charge in [-0.1, -0.05) is 11.6 Å². The minimum atomic E-state index is -0.598. The van der Waals surface area contributed by atoms with Gasteiger partial charge in [0.25, 0.3) is 5.91 Å². The highest BCUT2D eigenvalue weighted by atomic mass is 35.5. The molecule has 2 rings (SSSR count). The molecule has 1 N–H and O–H groups in total. The Hall–Kier alpha value is -1.21. The molecule has 1 saturated heterocycles. The van der Waals surface area contributed by atoms with E-state index in [9.17, 15) is 14.3 Å². The largest absolute Gasteiger partial charge is 0.396 e. The van der Waals surface area contributed by atoms with Crippen molar-refractivity contribution in [1.29, 1.82) is 0 Å². The third-order valence-corrected chi connectivity index (χ3v) is 4.89. The highest BCUT2D eigenvalue weighted by Gasteiger charge is 2.31. The van der Waals surface area contributed by atoms with Crippen molar-refractivity contribution in [2.75, 3.05) is 53.6 Å². The lowest BCUT2D eigenvalue weighted by Gasteiger charge is -2.38. The van der Waals surface area contributed by atoms with E-state index < -0.39 is 5.82 Å². The van der Waals surface area contributed by atoms with E-state index in [0.717, 1.165) is 19.5 Å². The fourth-order valence-electron chi connectivity index (χ4n) is 3.34. The molecule has 0 aromatic heterocycles. The molecule has 0 radical (unpaired) electrons. The molecule has 1 aromatic rings. The van der Waals surface area contributed by atoms with Gasteiger partial charge in [-0.2, -0.15) is 0 Å². The summed E-state index contributed by atoms with van der Waals surface area (Å²) in [5.74, 6) is -0.526. The standard InChI is InChI=1S/C18H26ClFN2O3/c1-21(5-6-25-2)9-13-7-14(12-23)11-22(10-13)18(24)15-3-4-16(19)17(20)8-15/h3-4,8,13-14,23H,5-7,9-12H2,1-2H3. The first-order valence-electron chi connectivity index (χ1n) is 8.47.